The molecule has 16 heavy (non-hydrogen) atoms. The van der Waals surface area contributed by atoms with Gasteiger partial charge >= 0.3 is 0 Å². The lowest BCUT2D eigenvalue weighted by Crippen LogP contribution is -2.24. The van der Waals surface area contributed by atoms with Crippen LogP contribution in [-0.2, 0) is 4.74 Å². The van der Waals surface area contributed by atoms with Crippen LogP contribution < -0.4 is 5.32 Å². The molecular formula is C12H15NO2S. The molecule has 0 saturated carbocycles. The van der Waals surface area contributed by atoms with Crippen LogP contribution in [0.25, 0.3) is 10.1 Å². The highest BCUT2D eigenvalue weighted by Gasteiger charge is 2.03. The van der Waals surface area contributed by atoms with Gasteiger partial charge in [-0.3, -0.25) is 0 Å². The predicted octanol–water partition coefficient (Wildman–Crippen LogP) is 2.32. The van der Waals surface area contributed by atoms with E-state index in [1.165, 1.54) is 10.1 Å². The van der Waals surface area contributed by atoms with Gasteiger partial charge in [-0.25, -0.2) is 0 Å². The summed E-state index contributed by atoms with van der Waals surface area (Å²) in [6.07, 6.45) is -0.469. The molecule has 1 aromatic carbocycles. The highest BCUT2D eigenvalue weighted by Crippen LogP contribution is 2.23. The number of thiophene rings is 1. The molecule has 0 aliphatic heterocycles. The number of hydrogen-bond acceptors (Lipinski definition) is 4. The zero-order chi connectivity index (χ0) is 11.4. The Morgan fingerprint density at radius 3 is 3.12 bits per heavy atom. The van der Waals surface area contributed by atoms with E-state index in [2.05, 4.69) is 28.9 Å². The van der Waals surface area contributed by atoms with Gasteiger partial charge in [0.1, 0.15) is 0 Å². The van der Waals surface area contributed by atoms with E-state index in [1.807, 2.05) is 6.07 Å². The maximum absolute atomic E-state index is 9.50. The molecule has 1 heterocycles. The van der Waals surface area contributed by atoms with E-state index in [9.17, 15) is 5.11 Å². The fraction of sp³-hybridized carbons (Fsp3) is 0.333. The SMILES string of the molecule is COCC(O)CNc1ccc2sccc2c1. The normalized spacial score (nSPS) is 12.9. The van der Waals surface area contributed by atoms with Crippen molar-refractivity contribution in [2.24, 2.45) is 0 Å². The van der Waals surface area contributed by atoms with Crippen LogP contribution in [0.1, 0.15) is 0 Å². The lowest BCUT2D eigenvalue weighted by atomic mass is 10.2. The largest absolute Gasteiger partial charge is 0.389 e. The lowest BCUT2D eigenvalue weighted by Gasteiger charge is -2.11. The molecule has 0 spiro atoms. The van der Waals surface area contributed by atoms with Crippen molar-refractivity contribution in [2.75, 3.05) is 25.6 Å². The van der Waals surface area contributed by atoms with Crippen molar-refractivity contribution in [3.63, 3.8) is 0 Å². The van der Waals surface area contributed by atoms with Gasteiger partial charge in [0.2, 0.25) is 0 Å². The molecule has 0 fully saturated rings. The monoisotopic (exact) mass is 237 g/mol. The van der Waals surface area contributed by atoms with Gasteiger partial charge in [0.05, 0.1) is 12.7 Å². The van der Waals surface area contributed by atoms with Crippen molar-refractivity contribution < 1.29 is 9.84 Å². The van der Waals surface area contributed by atoms with Gasteiger partial charge in [-0.2, -0.15) is 0 Å². The first-order valence-electron chi connectivity index (χ1n) is 5.18. The van der Waals surface area contributed by atoms with Gasteiger partial charge in [0.15, 0.2) is 0 Å². The zero-order valence-corrected chi connectivity index (χ0v) is 9.96. The zero-order valence-electron chi connectivity index (χ0n) is 9.14. The minimum atomic E-state index is -0.469. The third-order valence-electron chi connectivity index (χ3n) is 2.35. The lowest BCUT2D eigenvalue weighted by molar-refractivity contribution is 0.0727. The van der Waals surface area contributed by atoms with Crippen molar-refractivity contribution in [2.45, 2.75) is 6.10 Å². The fourth-order valence-electron chi connectivity index (χ4n) is 1.56. The molecule has 1 atom stereocenters. The van der Waals surface area contributed by atoms with Gasteiger partial charge in [-0.1, -0.05) is 0 Å². The van der Waals surface area contributed by atoms with Crippen LogP contribution in [0.5, 0.6) is 0 Å². The second-order valence-electron chi connectivity index (χ2n) is 3.66. The summed E-state index contributed by atoms with van der Waals surface area (Å²) < 4.78 is 6.14. The number of anilines is 1. The van der Waals surface area contributed by atoms with E-state index in [1.54, 1.807) is 18.4 Å². The van der Waals surface area contributed by atoms with Crippen molar-refractivity contribution in [3.8, 4) is 0 Å². The Morgan fingerprint density at radius 2 is 2.31 bits per heavy atom. The minimum Gasteiger partial charge on any atom is -0.389 e. The summed E-state index contributed by atoms with van der Waals surface area (Å²) in [4.78, 5) is 0. The molecule has 1 aromatic heterocycles. The smallest absolute Gasteiger partial charge is 0.0945 e. The van der Waals surface area contributed by atoms with Gasteiger partial charge in [0.25, 0.3) is 0 Å². The third-order valence-corrected chi connectivity index (χ3v) is 3.25. The molecule has 0 saturated heterocycles. The topological polar surface area (TPSA) is 41.5 Å². The molecule has 0 aliphatic rings. The Bertz CT molecular complexity index is 455. The van der Waals surface area contributed by atoms with E-state index in [0.29, 0.717) is 13.2 Å². The van der Waals surface area contributed by atoms with Crippen LogP contribution in [0.3, 0.4) is 0 Å². The highest BCUT2D eigenvalue weighted by molar-refractivity contribution is 7.17. The van der Waals surface area contributed by atoms with Crippen molar-refractivity contribution >= 4 is 27.1 Å². The molecule has 0 radical (unpaired) electrons. The maximum atomic E-state index is 9.50. The van der Waals surface area contributed by atoms with Crippen LogP contribution in [-0.4, -0.2) is 31.5 Å². The maximum Gasteiger partial charge on any atom is 0.0945 e. The number of benzene rings is 1. The van der Waals surface area contributed by atoms with E-state index >= 15 is 0 Å². The third kappa shape index (κ3) is 2.72. The van der Waals surface area contributed by atoms with Crippen LogP contribution >= 0.6 is 11.3 Å². The van der Waals surface area contributed by atoms with Crippen LogP contribution in [0, 0.1) is 0 Å². The van der Waals surface area contributed by atoms with E-state index in [0.717, 1.165) is 5.69 Å². The standard InChI is InChI=1S/C12H15NO2S/c1-15-8-11(14)7-13-10-2-3-12-9(6-10)4-5-16-12/h2-6,11,13-14H,7-8H2,1H3. The fourth-order valence-corrected chi connectivity index (χ4v) is 2.33. The average Bonchev–Trinajstić information content (AvgIpc) is 2.74. The number of hydrogen-bond donors (Lipinski definition) is 2. The first-order chi connectivity index (χ1) is 7.79. The first kappa shape index (κ1) is 11.4. The molecule has 0 amide bonds. The molecule has 3 nitrogen and oxygen atoms in total. The minimum absolute atomic E-state index is 0.355. The Hall–Kier alpha value is -1.10. The summed E-state index contributed by atoms with van der Waals surface area (Å²) in [6.45, 7) is 0.858. The summed E-state index contributed by atoms with van der Waals surface area (Å²) in [7, 11) is 1.58. The number of methoxy groups -OCH3 is 1. The molecule has 0 aliphatic carbocycles. The van der Waals surface area contributed by atoms with Crippen molar-refractivity contribution in [3.05, 3.63) is 29.6 Å². The predicted molar refractivity (Wildman–Crippen MR) is 68.2 cm³/mol. The Balaban J connectivity index is 1.98. The molecule has 86 valence electrons. The van der Waals surface area contributed by atoms with Gasteiger partial charge in [-0.15, -0.1) is 11.3 Å². The van der Waals surface area contributed by atoms with Crippen molar-refractivity contribution in [1.82, 2.24) is 0 Å². The summed E-state index contributed by atoms with van der Waals surface area (Å²) >= 11 is 1.73. The Labute approximate surface area is 98.7 Å². The van der Waals surface area contributed by atoms with Crippen LogP contribution in [0.15, 0.2) is 29.6 Å². The Kier molecular flexibility index (Phi) is 3.77. The van der Waals surface area contributed by atoms with Crippen LogP contribution in [0.4, 0.5) is 5.69 Å². The summed E-state index contributed by atoms with van der Waals surface area (Å²) in [5, 5.41) is 16.0. The van der Waals surface area contributed by atoms with E-state index < -0.39 is 6.10 Å². The van der Waals surface area contributed by atoms with E-state index in [4.69, 9.17) is 4.74 Å². The summed E-state index contributed by atoms with van der Waals surface area (Å²) in [5.41, 5.74) is 1.03. The molecule has 2 N–H and O–H groups in total. The number of aliphatic hydroxyl groups excluding tert-OH is 1. The molecule has 1 unspecified atom stereocenters. The molecular weight excluding hydrogens is 222 g/mol. The van der Waals surface area contributed by atoms with Gasteiger partial charge < -0.3 is 15.2 Å². The average molecular weight is 237 g/mol. The number of aliphatic hydroxyl groups is 1. The van der Waals surface area contributed by atoms with Gasteiger partial charge in [-0.05, 0) is 35.0 Å². The van der Waals surface area contributed by atoms with Gasteiger partial charge in [0, 0.05) is 24.0 Å². The second-order valence-corrected chi connectivity index (χ2v) is 4.61. The number of nitrogens with one attached hydrogen (secondary N) is 1. The molecule has 0 bridgehead atoms. The second kappa shape index (κ2) is 5.30. The molecule has 4 heteroatoms. The van der Waals surface area contributed by atoms with E-state index in [-0.39, 0.29) is 0 Å². The Morgan fingerprint density at radius 1 is 1.44 bits per heavy atom. The highest BCUT2D eigenvalue weighted by atomic mass is 32.1. The number of fused-ring (bicyclic) bond motifs is 1. The van der Waals surface area contributed by atoms with Crippen LogP contribution in [0.2, 0.25) is 0 Å². The van der Waals surface area contributed by atoms with Crippen molar-refractivity contribution in [1.29, 1.82) is 0 Å². The number of rotatable bonds is 5. The summed E-state index contributed by atoms with van der Waals surface area (Å²) in [6, 6.07) is 8.30. The summed E-state index contributed by atoms with van der Waals surface area (Å²) in [5.74, 6) is 0. The number of ether oxygens (including phenoxy) is 1. The first-order valence-corrected chi connectivity index (χ1v) is 6.05. The molecule has 2 aromatic rings. The molecule has 2 rings (SSSR count). The quantitative estimate of drug-likeness (QED) is 0.838.